The maximum absolute atomic E-state index is 10.9. The van der Waals surface area contributed by atoms with Crippen LogP contribution in [0.15, 0.2) is 30.4 Å². The van der Waals surface area contributed by atoms with Gasteiger partial charge in [0.15, 0.2) is 0 Å². The van der Waals surface area contributed by atoms with Crippen molar-refractivity contribution < 1.29 is 4.92 Å². The Morgan fingerprint density at radius 3 is 2.94 bits per heavy atom. The molecule has 17 heavy (non-hydrogen) atoms. The van der Waals surface area contributed by atoms with Crippen molar-refractivity contribution in [3.63, 3.8) is 0 Å². The SMILES string of the molecule is C/C=C/CCNc1cccc(C#N)c1[N+](=O)[O-]. The normalized spacial score (nSPS) is 10.1. The monoisotopic (exact) mass is 231 g/mol. The van der Waals surface area contributed by atoms with E-state index in [0.29, 0.717) is 12.2 Å². The maximum Gasteiger partial charge on any atom is 0.309 e. The molecule has 0 amide bonds. The summed E-state index contributed by atoms with van der Waals surface area (Å²) in [4.78, 5) is 10.4. The molecule has 0 spiro atoms. The minimum absolute atomic E-state index is 0.0750. The van der Waals surface area contributed by atoms with E-state index in [1.165, 1.54) is 6.07 Å². The second-order valence-corrected chi connectivity index (χ2v) is 3.36. The topological polar surface area (TPSA) is 79.0 Å². The van der Waals surface area contributed by atoms with Crippen LogP contribution in [0.2, 0.25) is 0 Å². The van der Waals surface area contributed by atoms with E-state index in [1.807, 2.05) is 25.1 Å². The number of rotatable bonds is 5. The summed E-state index contributed by atoms with van der Waals surface area (Å²) in [5.41, 5.74) is 0.306. The van der Waals surface area contributed by atoms with E-state index >= 15 is 0 Å². The van der Waals surface area contributed by atoms with Crippen LogP contribution in [0.3, 0.4) is 0 Å². The van der Waals surface area contributed by atoms with Crippen molar-refractivity contribution in [2.24, 2.45) is 0 Å². The van der Waals surface area contributed by atoms with Crippen LogP contribution in [0, 0.1) is 21.4 Å². The van der Waals surface area contributed by atoms with E-state index in [2.05, 4.69) is 5.32 Å². The van der Waals surface area contributed by atoms with Gasteiger partial charge in [0.25, 0.3) is 0 Å². The molecule has 0 heterocycles. The predicted octanol–water partition coefficient (Wildman–Crippen LogP) is 2.84. The molecule has 0 atom stereocenters. The van der Waals surface area contributed by atoms with E-state index < -0.39 is 4.92 Å². The first-order valence-corrected chi connectivity index (χ1v) is 5.23. The highest BCUT2D eigenvalue weighted by Gasteiger charge is 2.18. The molecule has 5 heteroatoms. The molecule has 1 aromatic rings. The predicted molar refractivity (Wildman–Crippen MR) is 65.7 cm³/mol. The highest BCUT2D eigenvalue weighted by atomic mass is 16.6. The summed E-state index contributed by atoms with van der Waals surface area (Å²) >= 11 is 0. The minimum Gasteiger partial charge on any atom is -0.379 e. The van der Waals surface area contributed by atoms with Crippen molar-refractivity contribution in [2.45, 2.75) is 13.3 Å². The number of hydrogen-bond acceptors (Lipinski definition) is 4. The average Bonchev–Trinajstić information content (AvgIpc) is 2.33. The zero-order chi connectivity index (χ0) is 12.7. The van der Waals surface area contributed by atoms with Gasteiger partial charge >= 0.3 is 5.69 Å². The Bertz CT molecular complexity index is 475. The highest BCUT2D eigenvalue weighted by Crippen LogP contribution is 2.27. The third-order valence-electron chi connectivity index (χ3n) is 2.20. The second kappa shape index (κ2) is 6.28. The van der Waals surface area contributed by atoms with Crippen LogP contribution < -0.4 is 5.32 Å². The molecule has 0 bridgehead atoms. The highest BCUT2D eigenvalue weighted by molar-refractivity contribution is 5.68. The zero-order valence-corrected chi connectivity index (χ0v) is 9.51. The Balaban J connectivity index is 2.91. The van der Waals surface area contributed by atoms with Crippen LogP contribution in [0.5, 0.6) is 0 Å². The summed E-state index contributed by atoms with van der Waals surface area (Å²) in [6.45, 7) is 2.51. The lowest BCUT2D eigenvalue weighted by molar-refractivity contribution is -0.384. The fourth-order valence-corrected chi connectivity index (χ4v) is 1.43. The summed E-state index contributed by atoms with van der Waals surface area (Å²) < 4.78 is 0. The summed E-state index contributed by atoms with van der Waals surface area (Å²) in [6.07, 6.45) is 4.67. The molecule has 1 aromatic carbocycles. The van der Waals surface area contributed by atoms with Crippen LogP contribution >= 0.6 is 0 Å². The molecule has 0 aliphatic rings. The lowest BCUT2D eigenvalue weighted by Gasteiger charge is -2.06. The number of hydrogen-bond donors (Lipinski definition) is 1. The quantitative estimate of drug-likeness (QED) is 0.365. The number of nitriles is 1. The van der Waals surface area contributed by atoms with Gasteiger partial charge in [-0.05, 0) is 25.5 Å². The second-order valence-electron chi connectivity index (χ2n) is 3.36. The van der Waals surface area contributed by atoms with Gasteiger partial charge in [0, 0.05) is 6.54 Å². The summed E-state index contributed by atoms with van der Waals surface area (Å²) in [7, 11) is 0. The zero-order valence-electron chi connectivity index (χ0n) is 9.51. The number of nitro benzene ring substituents is 1. The summed E-state index contributed by atoms with van der Waals surface area (Å²) in [6, 6.07) is 6.50. The lowest BCUT2D eigenvalue weighted by Crippen LogP contribution is -2.04. The third-order valence-corrected chi connectivity index (χ3v) is 2.20. The Labute approximate surface area is 99.5 Å². The van der Waals surface area contributed by atoms with E-state index in [4.69, 9.17) is 5.26 Å². The first-order valence-electron chi connectivity index (χ1n) is 5.23. The Hall–Kier alpha value is -2.35. The average molecular weight is 231 g/mol. The third kappa shape index (κ3) is 3.31. The molecule has 0 saturated heterocycles. The first-order chi connectivity index (χ1) is 8.20. The maximum atomic E-state index is 10.9. The van der Waals surface area contributed by atoms with Crippen LogP contribution in [-0.4, -0.2) is 11.5 Å². The largest absolute Gasteiger partial charge is 0.379 e. The lowest BCUT2D eigenvalue weighted by atomic mass is 10.1. The Kier molecular flexibility index (Phi) is 4.70. The fraction of sp³-hybridized carbons (Fsp3) is 0.250. The Morgan fingerprint density at radius 1 is 1.59 bits per heavy atom. The number of nitrogens with zero attached hydrogens (tertiary/aromatic N) is 2. The van der Waals surface area contributed by atoms with Gasteiger partial charge in [0.2, 0.25) is 0 Å². The Morgan fingerprint density at radius 2 is 2.35 bits per heavy atom. The molecule has 1 rings (SSSR count). The number of benzene rings is 1. The molecule has 0 unspecified atom stereocenters. The number of allylic oxidation sites excluding steroid dienone is 1. The van der Waals surface area contributed by atoms with E-state index in [-0.39, 0.29) is 11.3 Å². The van der Waals surface area contributed by atoms with Crippen molar-refractivity contribution in [2.75, 3.05) is 11.9 Å². The molecular weight excluding hydrogens is 218 g/mol. The molecule has 0 radical (unpaired) electrons. The number of nitro groups is 1. The van der Waals surface area contributed by atoms with Gasteiger partial charge in [0.1, 0.15) is 17.3 Å². The first kappa shape index (κ1) is 12.7. The van der Waals surface area contributed by atoms with E-state index in [0.717, 1.165) is 6.42 Å². The van der Waals surface area contributed by atoms with Crippen molar-refractivity contribution >= 4 is 11.4 Å². The molecule has 88 valence electrons. The van der Waals surface area contributed by atoms with Gasteiger partial charge in [-0.1, -0.05) is 18.2 Å². The van der Waals surface area contributed by atoms with Crippen molar-refractivity contribution in [1.29, 1.82) is 5.26 Å². The molecule has 1 N–H and O–H groups in total. The van der Waals surface area contributed by atoms with Crippen LogP contribution in [0.25, 0.3) is 0 Å². The van der Waals surface area contributed by atoms with Gasteiger partial charge < -0.3 is 5.32 Å². The number of nitrogens with one attached hydrogen (secondary N) is 1. The van der Waals surface area contributed by atoms with Gasteiger partial charge in [-0.2, -0.15) is 5.26 Å². The summed E-state index contributed by atoms with van der Waals surface area (Å²) in [5, 5.41) is 22.7. The van der Waals surface area contributed by atoms with Crippen molar-refractivity contribution in [3.05, 3.63) is 46.0 Å². The van der Waals surface area contributed by atoms with Crippen molar-refractivity contribution in [1.82, 2.24) is 0 Å². The minimum atomic E-state index is -0.531. The van der Waals surface area contributed by atoms with Gasteiger partial charge in [0.05, 0.1) is 4.92 Å². The molecular formula is C12H13N3O2. The standard InChI is InChI=1S/C12H13N3O2/c1-2-3-4-8-14-11-7-5-6-10(9-13)12(11)15(16)17/h2-3,5-7,14H,4,8H2,1H3/b3-2+. The summed E-state index contributed by atoms with van der Waals surface area (Å²) in [5.74, 6) is 0. The van der Waals surface area contributed by atoms with Crippen LogP contribution in [-0.2, 0) is 0 Å². The molecule has 0 aliphatic carbocycles. The molecule has 5 nitrogen and oxygen atoms in total. The van der Waals surface area contributed by atoms with Crippen molar-refractivity contribution in [3.8, 4) is 6.07 Å². The van der Waals surface area contributed by atoms with E-state index in [9.17, 15) is 10.1 Å². The number of para-hydroxylation sites is 1. The molecule has 0 aliphatic heterocycles. The number of anilines is 1. The smallest absolute Gasteiger partial charge is 0.309 e. The van der Waals surface area contributed by atoms with Crippen LogP contribution in [0.4, 0.5) is 11.4 Å². The van der Waals surface area contributed by atoms with Gasteiger partial charge in [-0.25, -0.2) is 0 Å². The molecule has 0 saturated carbocycles. The van der Waals surface area contributed by atoms with Gasteiger partial charge in [-0.3, -0.25) is 10.1 Å². The van der Waals surface area contributed by atoms with Gasteiger partial charge in [-0.15, -0.1) is 0 Å². The van der Waals surface area contributed by atoms with E-state index in [1.54, 1.807) is 12.1 Å². The fourth-order valence-electron chi connectivity index (χ4n) is 1.43. The van der Waals surface area contributed by atoms with Crippen LogP contribution in [0.1, 0.15) is 18.9 Å². The molecule has 0 aromatic heterocycles. The molecule has 0 fully saturated rings.